The number of aryl methyl sites for hydroxylation is 1. The molecule has 1 amide bonds. The van der Waals surface area contributed by atoms with Gasteiger partial charge in [-0.3, -0.25) is 4.79 Å². The molecule has 0 N–H and O–H groups in total. The first-order valence-electron chi connectivity index (χ1n) is 8.46. The molecule has 1 aliphatic rings. The molecule has 0 aromatic carbocycles. The number of ether oxygens (including phenoxy) is 2. The van der Waals surface area contributed by atoms with Gasteiger partial charge in [0.1, 0.15) is 6.10 Å². The summed E-state index contributed by atoms with van der Waals surface area (Å²) < 4.78 is 11.0. The summed E-state index contributed by atoms with van der Waals surface area (Å²) in [6, 6.07) is 3.71. The van der Waals surface area contributed by atoms with Crippen LogP contribution in [0.25, 0.3) is 0 Å². The van der Waals surface area contributed by atoms with Gasteiger partial charge in [-0.05, 0) is 30.9 Å². The van der Waals surface area contributed by atoms with Crippen LogP contribution in [0.3, 0.4) is 0 Å². The topological polar surface area (TPSA) is 77.4 Å². The van der Waals surface area contributed by atoms with Crippen LogP contribution >= 0.6 is 0 Å². The van der Waals surface area contributed by atoms with Gasteiger partial charge in [0.05, 0.1) is 13.7 Å². The molecule has 2 aromatic heterocycles. The number of hydrogen-bond acceptors (Lipinski definition) is 6. The molecule has 1 atom stereocenters. The SMILES string of the molecule is CCc1cnc(OC2CCCN(C(=O)c3ccnc(OC)c3)C2)nc1. The fourth-order valence-electron chi connectivity index (χ4n) is 2.79. The zero-order chi connectivity index (χ0) is 17.6. The number of aromatic nitrogens is 3. The van der Waals surface area contributed by atoms with E-state index in [1.807, 2.05) is 0 Å². The molecule has 0 saturated carbocycles. The fraction of sp³-hybridized carbons (Fsp3) is 0.444. The van der Waals surface area contributed by atoms with Gasteiger partial charge in [-0.1, -0.05) is 6.92 Å². The van der Waals surface area contributed by atoms with Gasteiger partial charge < -0.3 is 14.4 Å². The highest BCUT2D eigenvalue weighted by molar-refractivity contribution is 5.94. The maximum atomic E-state index is 12.7. The lowest BCUT2D eigenvalue weighted by atomic mass is 10.1. The van der Waals surface area contributed by atoms with Crippen LogP contribution in [0.1, 0.15) is 35.7 Å². The Labute approximate surface area is 147 Å². The number of methoxy groups -OCH3 is 1. The minimum Gasteiger partial charge on any atom is -0.481 e. The molecule has 1 fully saturated rings. The lowest BCUT2D eigenvalue weighted by Gasteiger charge is -2.32. The van der Waals surface area contributed by atoms with E-state index < -0.39 is 0 Å². The van der Waals surface area contributed by atoms with E-state index in [0.717, 1.165) is 24.8 Å². The predicted molar refractivity (Wildman–Crippen MR) is 91.8 cm³/mol. The minimum atomic E-state index is -0.103. The van der Waals surface area contributed by atoms with E-state index in [2.05, 4.69) is 21.9 Å². The Balaban J connectivity index is 1.64. The van der Waals surface area contributed by atoms with Crippen LogP contribution in [0.5, 0.6) is 11.9 Å². The van der Waals surface area contributed by atoms with E-state index in [9.17, 15) is 4.79 Å². The van der Waals surface area contributed by atoms with Gasteiger partial charge >= 0.3 is 6.01 Å². The molecule has 1 aliphatic heterocycles. The first kappa shape index (κ1) is 17.1. The molecule has 132 valence electrons. The average Bonchev–Trinajstić information content (AvgIpc) is 2.68. The number of pyridine rings is 1. The lowest BCUT2D eigenvalue weighted by molar-refractivity contribution is 0.0515. The van der Waals surface area contributed by atoms with Crippen LogP contribution in [0.15, 0.2) is 30.7 Å². The highest BCUT2D eigenvalue weighted by Gasteiger charge is 2.26. The van der Waals surface area contributed by atoms with E-state index in [1.165, 1.54) is 7.11 Å². The van der Waals surface area contributed by atoms with E-state index in [4.69, 9.17) is 9.47 Å². The number of rotatable bonds is 5. The highest BCUT2D eigenvalue weighted by atomic mass is 16.5. The summed E-state index contributed by atoms with van der Waals surface area (Å²) in [6.45, 7) is 3.28. The Bertz CT molecular complexity index is 721. The van der Waals surface area contributed by atoms with E-state index >= 15 is 0 Å². The Morgan fingerprint density at radius 3 is 2.84 bits per heavy atom. The monoisotopic (exact) mass is 342 g/mol. The van der Waals surface area contributed by atoms with Crippen LogP contribution < -0.4 is 9.47 Å². The summed E-state index contributed by atoms with van der Waals surface area (Å²) in [4.78, 5) is 27.0. The second-order valence-corrected chi connectivity index (χ2v) is 5.95. The summed E-state index contributed by atoms with van der Waals surface area (Å²) in [6.07, 6.45) is 7.67. The van der Waals surface area contributed by atoms with E-state index in [0.29, 0.717) is 30.5 Å². The van der Waals surface area contributed by atoms with Crippen LogP contribution in [0, 0.1) is 0 Å². The van der Waals surface area contributed by atoms with Crippen molar-refractivity contribution in [3.63, 3.8) is 0 Å². The molecule has 0 aliphatic carbocycles. The van der Waals surface area contributed by atoms with Crippen molar-refractivity contribution in [1.82, 2.24) is 19.9 Å². The molecule has 25 heavy (non-hydrogen) atoms. The fourth-order valence-corrected chi connectivity index (χ4v) is 2.79. The first-order chi connectivity index (χ1) is 12.2. The molecule has 7 nitrogen and oxygen atoms in total. The number of nitrogens with zero attached hydrogens (tertiary/aromatic N) is 4. The van der Waals surface area contributed by atoms with Gasteiger partial charge in [0.15, 0.2) is 0 Å². The number of hydrogen-bond donors (Lipinski definition) is 0. The van der Waals surface area contributed by atoms with Crippen molar-refractivity contribution >= 4 is 5.91 Å². The highest BCUT2D eigenvalue weighted by Crippen LogP contribution is 2.19. The van der Waals surface area contributed by atoms with Crippen molar-refractivity contribution in [2.24, 2.45) is 0 Å². The maximum absolute atomic E-state index is 12.7. The molecule has 0 radical (unpaired) electrons. The lowest BCUT2D eigenvalue weighted by Crippen LogP contribution is -2.44. The molecule has 1 unspecified atom stereocenters. The number of carbonyl (C=O) groups is 1. The number of likely N-dealkylation sites (tertiary alicyclic amines) is 1. The molecule has 0 spiro atoms. The molecule has 3 heterocycles. The summed E-state index contributed by atoms with van der Waals surface area (Å²) in [7, 11) is 1.53. The van der Waals surface area contributed by atoms with Gasteiger partial charge in [0.2, 0.25) is 5.88 Å². The molecule has 1 saturated heterocycles. The van der Waals surface area contributed by atoms with Gasteiger partial charge in [-0.25, -0.2) is 15.0 Å². The third-order valence-electron chi connectivity index (χ3n) is 4.22. The summed E-state index contributed by atoms with van der Waals surface area (Å²) in [5.74, 6) is 0.385. The van der Waals surface area contributed by atoms with Crippen molar-refractivity contribution in [2.45, 2.75) is 32.3 Å². The van der Waals surface area contributed by atoms with Gasteiger partial charge in [-0.2, -0.15) is 0 Å². The molecular formula is C18H22N4O3. The number of carbonyl (C=O) groups excluding carboxylic acids is 1. The summed E-state index contributed by atoms with van der Waals surface area (Å²) in [5, 5.41) is 0. The zero-order valence-electron chi connectivity index (χ0n) is 14.5. The quantitative estimate of drug-likeness (QED) is 0.828. The summed E-state index contributed by atoms with van der Waals surface area (Å²) in [5.41, 5.74) is 1.63. The van der Waals surface area contributed by atoms with Crippen LogP contribution in [0.2, 0.25) is 0 Å². The van der Waals surface area contributed by atoms with Crippen molar-refractivity contribution in [2.75, 3.05) is 20.2 Å². The smallest absolute Gasteiger partial charge is 0.316 e. The molecule has 3 rings (SSSR count). The second-order valence-electron chi connectivity index (χ2n) is 5.95. The first-order valence-corrected chi connectivity index (χ1v) is 8.46. The average molecular weight is 342 g/mol. The van der Waals surface area contributed by atoms with Crippen molar-refractivity contribution in [1.29, 1.82) is 0 Å². The Hall–Kier alpha value is -2.70. The largest absolute Gasteiger partial charge is 0.481 e. The third kappa shape index (κ3) is 4.23. The minimum absolute atomic E-state index is 0.0451. The molecule has 7 heteroatoms. The Kier molecular flexibility index (Phi) is 5.42. The van der Waals surface area contributed by atoms with Gasteiger partial charge in [-0.15, -0.1) is 0 Å². The van der Waals surface area contributed by atoms with E-state index in [-0.39, 0.29) is 12.0 Å². The van der Waals surface area contributed by atoms with Crippen LogP contribution in [-0.4, -0.2) is 52.1 Å². The van der Waals surface area contributed by atoms with Crippen molar-refractivity contribution in [3.05, 3.63) is 41.9 Å². The maximum Gasteiger partial charge on any atom is 0.316 e. The molecular weight excluding hydrogens is 320 g/mol. The van der Waals surface area contributed by atoms with Gasteiger partial charge in [0, 0.05) is 36.8 Å². The normalized spacial score (nSPS) is 17.2. The number of amides is 1. The third-order valence-corrected chi connectivity index (χ3v) is 4.22. The second kappa shape index (κ2) is 7.92. The standard InChI is InChI=1S/C18H22N4O3/c1-3-13-10-20-18(21-11-13)25-15-5-4-8-22(12-15)17(23)14-6-7-19-16(9-14)24-2/h6-7,9-11,15H,3-5,8,12H2,1-2H3. The number of piperidine rings is 1. The molecule has 2 aromatic rings. The Morgan fingerprint density at radius 2 is 2.12 bits per heavy atom. The van der Waals surface area contributed by atoms with Gasteiger partial charge in [0.25, 0.3) is 5.91 Å². The summed E-state index contributed by atoms with van der Waals surface area (Å²) >= 11 is 0. The van der Waals surface area contributed by atoms with E-state index in [1.54, 1.807) is 35.6 Å². The molecule has 0 bridgehead atoms. The Morgan fingerprint density at radius 1 is 1.32 bits per heavy atom. The van der Waals surface area contributed by atoms with Crippen LogP contribution in [0.4, 0.5) is 0 Å². The zero-order valence-corrected chi connectivity index (χ0v) is 14.5. The van der Waals surface area contributed by atoms with Crippen molar-refractivity contribution < 1.29 is 14.3 Å². The van der Waals surface area contributed by atoms with Crippen LogP contribution in [-0.2, 0) is 6.42 Å². The predicted octanol–water partition coefficient (Wildman–Crippen LogP) is 2.13. The van der Waals surface area contributed by atoms with Crippen molar-refractivity contribution in [3.8, 4) is 11.9 Å².